The van der Waals surface area contributed by atoms with Crippen LogP contribution in [0.4, 0.5) is 0 Å². The molecular formula is C6H12O8P2. The lowest BCUT2D eigenvalue weighted by Crippen LogP contribution is -1.63. The molecule has 0 amide bonds. The van der Waals surface area contributed by atoms with E-state index in [9.17, 15) is 0 Å². The predicted molar refractivity (Wildman–Crippen MR) is 56.9 cm³/mol. The zero-order chi connectivity index (χ0) is 13.1. The van der Waals surface area contributed by atoms with Gasteiger partial charge in [0.15, 0.2) is 11.5 Å². The average Bonchev–Trinajstić information content (AvgIpc) is 2.08. The number of aromatic hydroxyl groups is 2. The number of phenols is 2. The fraction of sp³-hybridized carbons (Fsp3) is 0. The highest BCUT2D eigenvalue weighted by Gasteiger charge is 1.90. The molecule has 0 atom stereocenters. The SMILES string of the molecule is OP(O)O.OP(O)O.Oc1ccccc1O. The van der Waals surface area contributed by atoms with E-state index < -0.39 is 17.2 Å². The minimum Gasteiger partial charge on any atom is -0.504 e. The van der Waals surface area contributed by atoms with Crippen LogP contribution in [0.1, 0.15) is 0 Å². The van der Waals surface area contributed by atoms with Gasteiger partial charge in [-0.05, 0) is 12.1 Å². The summed E-state index contributed by atoms with van der Waals surface area (Å²) in [6, 6.07) is 6.15. The van der Waals surface area contributed by atoms with Gasteiger partial charge in [-0.15, -0.1) is 0 Å². The molecule has 0 bridgehead atoms. The molecule has 8 nitrogen and oxygen atoms in total. The summed E-state index contributed by atoms with van der Waals surface area (Å²) < 4.78 is 0. The summed E-state index contributed by atoms with van der Waals surface area (Å²) >= 11 is 0. The molecule has 0 fully saturated rings. The van der Waals surface area contributed by atoms with E-state index in [2.05, 4.69) is 0 Å². The van der Waals surface area contributed by atoms with Crippen LogP contribution in [0.5, 0.6) is 11.5 Å². The molecule has 0 aliphatic heterocycles. The maximum Gasteiger partial charge on any atom is 0.324 e. The summed E-state index contributed by atoms with van der Waals surface area (Å²) in [6.45, 7) is 0. The Kier molecular flexibility index (Phi) is 12.2. The van der Waals surface area contributed by atoms with Crippen LogP contribution in [0.3, 0.4) is 0 Å². The molecule has 0 aliphatic rings. The first-order chi connectivity index (χ1) is 7.27. The van der Waals surface area contributed by atoms with Crippen molar-refractivity contribution >= 4 is 17.2 Å². The largest absolute Gasteiger partial charge is 0.504 e. The van der Waals surface area contributed by atoms with Crippen molar-refractivity contribution in [3.63, 3.8) is 0 Å². The normalized spacial score (nSPS) is 9.00. The molecule has 0 aromatic heterocycles. The number of hydrogen-bond donors (Lipinski definition) is 8. The Balaban J connectivity index is 0. The van der Waals surface area contributed by atoms with Crippen LogP contribution in [0.15, 0.2) is 24.3 Å². The summed E-state index contributed by atoms with van der Waals surface area (Å²) in [6.07, 6.45) is 0. The summed E-state index contributed by atoms with van der Waals surface area (Å²) in [7, 11) is -5.24. The monoisotopic (exact) mass is 274 g/mol. The van der Waals surface area contributed by atoms with Gasteiger partial charge in [-0.1, -0.05) is 12.1 Å². The number of phenolic OH excluding ortho intramolecular Hbond substituents is 2. The minimum absolute atomic E-state index is 0.0764. The van der Waals surface area contributed by atoms with Crippen LogP contribution in [-0.2, 0) is 0 Å². The Morgan fingerprint density at radius 1 is 0.625 bits per heavy atom. The van der Waals surface area contributed by atoms with Crippen molar-refractivity contribution in [1.82, 2.24) is 0 Å². The van der Waals surface area contributed by atoms with E-state index in [1.807, 2.05) is 0 Å². The molecular weight excluding hydrogens is 262 g/mol. The van der Waals surface area contributed by atoms with Gasteiger partial charge in [-0.2, -0.15) is 0 Å². The molecule has 8 N–H and O–H groups in total. The van der Waals surface area contributed by atoms with Gasteiger partial charge in [-0.25, -0.2) is 0 Å². The average molecular weight is 274 g/mol. The van der Waals surface area contributed by atoms with Gasteiger partial charge in [-0.3, -0.25) is 0 Å². The molecule has 0 heterocycles. The molecule has 0 spiro atoms. The maximum absolute atomic E-state index is 8.67. The molecule has 1 aromatic rings. The van der Waals surface area contributed by atoms with E-state index in [0.717, 1.165) is 0 Å². The van der Waals surface area contributed by atoms with E-state index in [-0.39, 0.29) is 11.5 Å². The maximum atomic E-state index is 8.67. The molecule has 0 aliphatic carbocycles. The molecule has 1 aromatic carbocycles. The lowest BCUT2D eigenvalue weighted by Gasteiger charge is -1.91. The second kappa shape index (κ2) is 10.9. The van der Waals surface area contributed by atoms with Crippen molar-refractivity contribution in [1.29, 1.82) is 0 Å². The number of hydrogen-bond acceptors (Lipinski definition) is 8. The van der Waals surface area contributed by atoms with Crippen LogP contribution in [0.2, 0.25) is 0 Å². The first kappa shape index (κ1) is 17.8. The topological polar surface area (TPSA) is 162 Å². The third-order valence-electron chi connectivity index (χ3n) is 0.882. The van der Waals surface area contributed by atoms with Crippen LogP contribution in [0, 0.1) is 0 Å². The number of rotatable bonds is 0. The van der Waals surface area contributed by atoms with E-state index in [1.54, 1.807) is 12.1 Å². The van der Waals surface area contributed by atoms with Crippen LogP contribution in [0.25, 0.3) is 0 Å². The lowest BCUT2D eigenvalue weighted by atomic mass is 10.3. The van der Waals surface area contributed by atoms with Crippen LogP contribution >= 0.6 is 17.2 Å². The highest BCUT2D eigenvalue weighted by atomic mass is 31.2. The van der Waals surface area contributed by atoms with Gasteiger partial charge in [0.05, 0.1) is 0 Å². The Hall–Kier alpha value is -0.560. The molecule has 94 valence electrons. The van der Waals surface area contributed by atoms with Gasteiger partial charge in [0, 0.05) is 0 Å². The Bertz CT molecular complexity index is 236. The molecule has 0 saturated carbocycles. The summed E-state index contributed by atoms with van der Waals surface area (Å²) in [5.41, 5.74) is 0. The van der Waals surface area contributed by atoms with Crippen molar-refractivity contribution in [3.05, 3.63) is 24.3 Å². The van der Waals surface area contributed by atoms with Crippen LogP contribution in [-0.4, -0.2) is 39.6 Å². The van der Waals surface area contributed by atoms with Crippen molar-refractivity contribution in [2.75, 3.05) is 0 Å². The predicted octanol–water partition coefficient (Wildman–Crippen LogP) is -0.522. The van der Waals surface area contributed by atoms with E-state index in [1.165, 1.54) is 12.1 Å². The number of para-hydroxylation sites is 2. The Labute approximate surface area is 93.3 Å². The van der Waals surface area contributed by atoms with Gasteiger partial charge < -0.3 is 39.6 Å². The van der Waals surface area contributed by atoms with Crippen molar-refractivity contribution in [2.45, 2.75) is 0 Å². The molecule has 10 heteroatoms. The zero-order valence-corrected chi connectivity index (χ0v) is 9.57. The standard InChI is InChI=1S/C6H6O2.2H3O3P/c7-5-3-1-2-4-6(5)8;2*1-4(2)3/h1-4,7-8H;2*1-3H. The minimum atomic E-state index is -2.62. The summed E-state index contributed by atoms with van der Waals surface area (Å²) in [5.74, 6) is -0.153. The van der Waals surface area contributed by atoms with Gasteiger partial charge in [0.1, 0.15) is 0 Å². The Morgan fingerprint density at radius 3 is 0.938 bits per heavy atom. The summed E-state index contributed by atoms with van der Waals surface area (Å²) in [5, 5.41) is 17.3. The fourth-order valence-electron chi connectivity index (χ4n) is 0.464. The van der Waals surface area contributed by atoms with Crippen molar-refractivity contribution in [3.8, 4) is 11.5 Å². The van der Waals surface area contributed by atoms with Gasteiger partial charge in [0.2, 0.25) is 0 Å². The molecule has 0 unspecified atom stereocenters. The van der Waals surface area contributed by atoms with Crippen LogP contribution < -0.4 is 0 Å². The first-order valence-electron chi connectivity index (χ1n) is 3.47. The van der Waals surface area contributed by atoms with E-state index in [4.69, 9.17) is 39.6 Å². The lowest BCUT2D eigenvalue weighted by molar-refractivity contribution is 0.366. The zero-order valence-electron chi connectivity index (χ0n) is 7.78. The Morgan fingerprint density at radius 2 is 0.812 bits per heavy atom. The highest BCUT2D eigenvalue weighted by Crippen LogP contribution is 2.21. The molecule has 0 radical (unpaired) electrons. The second-order valence-electron chi connectivity index (χ2n) is 2.03. The highest BCUT2D eigenvalue weighted by molar-refractivity contribution is 7.38. The van der Waals surface area contributed by atoms with Crippen molar-refractivity contribution < 1.29 is 39.6 Å². The molecule has 16 heavy (non-hydrogen) atoms. The smallest absolute Gasteiger partial charge is 0.324 e. The fourth-order valence-corrected chi connectivity index (χ4v) is 0.464. The molecule has 1 rings (SSSR count). The second-order valence-corrected chi connectivity index (χ2v) is 3.10. The summed E-state index contributed by atoms with van der Waals surface area (Å²) in [4.78, 5) is 43.4. The quantitative estimate of drug-likeness (QED) is 0.231. The van der Waals surface area contributed by atoms with Crippen molar-refractivity contribution in [2.24, 2.45) is 0 Å². The van der Waals surface area contributed by atoms with Gasteiger partial charge in [0.25, 0.3) is 0 Å². The molecule has 0 saturated heterocycles. The van der Waals surface area contributed by atoms with E-state index in [0.29, 0.717) is 0 Å². The number of benzene rings is 1. The van der Waals surface area contributed by atoms with E-state index >= 15 is 0 Å². The first-order valence-corrected chi connectivity index (χ1v) is 5.87. The third-order valence-corrected chi connectivity index (χ3v) is 0.882. The third kappa shape index (κ3) is 19.1. The van der Waals surface area contributed by atoms with Gasteiger partial charge >= 0.3 is 17.2 Å².